The van der Waals surface area contributed by atoms with Crippen LogP contribution in [-0.4, -0.2) is 11.7 Å². The Bertz CT molecular complexity index is 415. The summed E-state index contributed by atoms with van der Waals surface area (Å²) < 4.78 is 7.35. The first-order valence-corrected chi connectivity index (χ1v) is 6.73. The number of aliphatic hydroxyl groups excluding tert-OH is 1. The molecule has 16 heavy (non-hydrogen) atoms. The lowest BCUT2D eigenvalue weighted by atomic mass is 10.1. The van der Waals surface area contributed by atoms with Gasteiger partial charge in [-0.1, -0.05) is 6.07 Å². The lowest BCUT2D eigenvalue weighted by Crippen LogP contribution is -2.09. The summed E-state index contributed by atoms with van der Waals surface area (Å²) in [6, 6.07) is 5.69. The van der Waals surface area contributed by atoms with Crippen molar-refractivity contribution in [3.8, 4) is 0 Å². The number of allylic oxidation sites excluding steroid dienone is 1. The molecule has 0 saturated carbocycles. The van der Waals surface area contributed by atoms with Gasteiger partial charge in [-0.05, 0) is 68.5 Å². The maximum Gasteiger partial charge on any atom is 0.136 e. The standard InChI is InChI=1S/C12H12Br2O2/c13-9-5-4-8(7-10(9)14)12(15)11-3-1-2-6-16-11/h3-5,7,12,15H,1-2,6H2. The fraction of sp³-hybridized carbons (Fsp3) is 0.333. The molecule has 1 aliphatic rings. The molecule has 86 valence electrons. The molecule has 0 fully saturated rings. The van der Waals surface area contributed by atoms with E-state index in [0.29, 0.717) is 12.4 Å². The minimum absolute atomic E-state index is 0.662. The van der Waals surface area contributed by atoms with Crippen molar-refractivity contribution in [3.05, 3.63) is 44.5 Å². The Morgan fingerprint density at radius 2 is 2.06 bits per heavy atom. The fourth-order valence-corrected chi connectivity index (χ4v) is 2.26. The first-order valence-electron chi connectivity index (χ1n) is 5.14. The summed E-state index contributed by atoms with van der Waals surface area (Å²) in [7, 11) is 0. The van der Waals surface area contributed by atoms with Gasteiger partial charge >= 0.3 is 0 Å². The van der Waals surface area contributed by atoms with Gasteiger partial charge in [-0.15, -0.1) is 0 Å². The van der Waals surface area contributed by atoms with Crippen LogP contribution in [0.15, 0.2) is 39.0 Å². The second-order valence-electron chi connectivity index (χ2n) is 3.67. The third kappa shape index (κ3) is 2.67. The van der Waals surface area contributed by atoms with E-state index in [1.807, 2.05) is 24.3 Å². The van der Waals surface area contributed by atoms with E-state index >= 15 is 0 Å². The normalized spacial score (nSPS) is 17.6. The molecule has 0 bridgehead atoms. The van der Waals surface area contributed by atoms with Gasteiger partial charge in [-0.3, -0.25) is 0 Å². The summed E-state index contributed by atoms with van der Waals surface area (Å²) >= 11 is 6.82. The molecule has 0 radical (unpaired) electrons. The molecule has 1 aromatic rings. The zero-order valence-electron chi connectivity index (χ0n) is 8.62. The van der Waals surface area contributed by atoms with Crippen LogP contribution in [0.2, 0.25) is 0 Å². The molecule has 1 aromatic carbocycles. The van der Waals surface area contributed by atoms with Crippen molar-refractivity contribution in [1.29, 1.82) is 0 Å². The van der Waals surface area contributed by atoms with Crippen LogP contribution < -0.4 is 0 Å². The Kier molecular flexibility index (Phi) is 4.05. The van der Waals surface area contributed by atoms with E-state index in [9.17, 15) is 5.11 Å². The highest BCUT2D eigenvalue weighted by atomic mass is 79.9. The topological polar surface area (TPSA) is 29.5 Å². The van der Waals surface area contributed by atoms with E-state index in [1.165, 1.54) is 0 Å². The summed E-state index contributed by atoms with van der Waals surface area (Å²) in [6.45, 7) is 0.695. The third-order valence-electron chi connectivity index (χ3n) is 2.49. The minimum Gasteiger partial charge on any atom is -0.495 e. The average Bonchev–Trinajstić information content (AvgIpc) is 2.33. The second-order valence-corrected chi connectivity index (χ2v) is 5.38. The van der Waals surface area contributed by atoms with Gasteiger partial charge in [-0.25, -0.2) is 0 Å². The van der Waals surface area contributed by atoms with Crippen molar-refractivity contribution in [2.45, 2.75) is 18.9 Å². The van der Waals surface area contributed by atoms with Crippen molar-refractivity contribution in [3.63, 3.8) is 0 Å². The number of aliphatic hydroxyl groups is 1. The van der Waals surface area contributed by atoms with Gasteiger partial charge in [0.05, 0.1) is 6.61 Å². The maximum absolute atomic E-state index is 10.1. The van der Waals surface area contributed by atoms with Crippen LogP contribution in [0.4, 0.5) is 0 Å². The monoisotopic (exact) mass is 346 g/mol. The van der Waals surface area contributed by atoms with Gasteiger partial charge in [0.1, 0.15) is 11.9 Å². The molecule has 0 aliphatic carbocycles. The van der Waals surface area contributed by atoms with E-state index in [0.717, 1.165) is 27.4 Å². The Balaban J connectivity index is 2.22. The number of hydrogen-bond donors (Lipinski definition) is 1. The fourth-order valence-electron chi connectivity index (χ4n) is 1.61. The molecule has 0 spiro atoms. The molecular weight excluding hydrogens is 336 g/mol. The van der Waals surface area contributed by atoms with E-state index < -0.39 is 6.10 Å². The lowest BCUT2D eigenvalue weighted by molar-refractivity contribution is 0.0917. The molecular formula is C12H12Br2O2. The zero-order valence-corrected chi connectivity index (χ0v) is 11.8. The second kappa shape index (κ2) is 5.34. The van der Waals surface area contributed by atoms with Gasteiger partial charge in [0.2, 0.25) is 0 Å². The average molecular weight is 348 g/mol. The van der Waals surface area contributed by atoms with Crippen LogP contribution >= 0.6 is 31.9 Å². The highest BCUT2D eigenvalue weighted by Gasteiger charge is 2.17. The smallest absolute Gasteiger partial charge is 0.136 e. The highest BCUT2D eigenvalue weighted by Crippen LogP contribution is 2.30. The van der Waals surface area contributed by atoms with Gasteiger partial charge < -0.3 is 9.84 Å². The van der Waals surface area contributed by atoms with Crippen LogP contribution in [0.5, 0.6) is 0 Å². The third-order valence-corrected chi connectivity index (χ3v) is 4.37. The quantitative estimate of drug-likeness (QED) is 0.878. The molecule has 1 N–H and O–H groups in total. The molecule has 1 heterocycles. The first-order chi connectivity index (χ1) is 7.68. The molecule has 0 amide bonds. The van der Waals surface area contributed by atoms with Crippen molar-refractivity contribution >= 4 is 31.9 Å². The number of hydrogen-bond acceptors (Lipinski definition) is 2. The predicted octanol–water partition coefficient (Wildman–Crippen LogP) is 3.94. The van der Waals surface area contributed by atoms with E-state index in [2.05, 4.69) is 31.9 Å². The SMILES string of the molecule is OC(C1=CCCCO1)c1ccc(Br)c(Br)c1. The van der Waals surface area contributed by atoms with Crippen LogP contribution in [0, 0.1) is 0 Å². The molecule has 2 rings (SSSR count). The van der Waals surface area contributed by atoms with Gasteiger partial charge in [0.25, 0.3) is 0 Å². The van der Waals surface area contributed by atoms with Gasteiger partial charge in [-0.2, -0.15) is 0 Å². The molecule has 0 saturated heterocycles. The summed E-state index contributed by atoms with van der Waals surface area (Å²) in [5, 5.41) is 10.1. The van der Waals surface area contributed by atoms with Gasteiger partial charge in [0, 0.05) is 8.95 Å². The van der Waals surface area contributed by atoms with Gasteiger partial charge in [0.15, 0.2) is 0 Å². The first kappa shape index (κ1) is 12.1. The van der Waals surface area contributed by atoms with Crippen molar-refractivity contribution in [1.82, 2.24) is 0 Å². The van der Waals surface area contributed by atoms with Crippen molar-refractivity contribution in [2.24, 2.45) is 0 Å². The zero-order chi connectivity index (χ0) is 11.5. The predicted molar refractivity (Wildman–Crippen MR) is 70.1 cm³/mol. The summed E-state index contributed by atoms with van der Waals surface area (Å²) in [5.41, 5.74) is 0.836. The summed E-state index contributed by atoms with van der Waals surface area (Å²) in [4.78, 5) is 0. The van der Waals surface area contributed by atoms with Crippen LogP contribution in [0.1, 0.15) is 24.5 Å². The van der Waals surface area contributed by atoms with Crippen molar-refractivity contribution < 1.29 is 9.84 Å². The number of benzene rings is 1. The molecule has 1 aliphatic heterocycles. The Hall–Kier alpha value is -0.320. The van der Waals surface area contributed by atoms with Crippen LogP contribution in [-0.2, 0) is 4.74 Å². The highest BCUT2D eigenvalue weighted by molar-refractivity contribution is 9.13. The molecule has 4 heteroatoms. The van der Waals surface area contributed by atoms with Crippen molar-refractivity contribution in [2.75, 3.05) is 6.61 Å². The van der Waals surface area contributed by atoms with E-state index in [1.54, 1.807) is 0 Å². The Morgan fingerprint density at radius 1 is 1.25 bits per heavy atom. The lowest BCUT2D eigenvalue weighted by Gasteiger charge is -2.20. The largest absolute Gasteiger partial charge is 0.495 e. The summed E-state index contributed by atoms with van der Waals surface area (Å²) in [5.74, 6) is 0.667. The molecule has 0 aromatic heterocycles. The molecule has 2 nitrogen and oxygen atoms in total. The summed E-state index contributed by atoms with van der Waals surface area (Å²) in [6.07, 6.45) is 3.30. The molecule has 1 unspecified atom stereocenters. The Morgan fingerprint density at radius 3 is 2.69 bits per heavy atom. The van der Waals surface area contributed by atoms with E-state index in [4.69, 9.17) is 4.74 Å². The van der Waals surface area contributed by atoms with Crippen LogP contribution in [0.25, 0.3) is 0 Å². The number of halogens is 2. The van der Waals surface area contributed by atoms with Crippen LogP contribution in [0.3, 0.4) is 0 Å². The van der Waals surface area contributed by atoms with E-state index in [-0.39, 0.29) is 0 Å². The maximum atomic E-state index is 10.1. The number of rotatable bonds is 2. The number of ether oxygens (including phenoxy) is 1. The minimum atomic E-state index is -0.662. The molecule has 1 atom stereocenters. The Labute approximate surface area is 112 Å².